The summed E-state index contributed by atoms with van der Waals surface area (Å²) in [5, 5.41) is 23.2. The minimum Gasteiger partial charge on any atom is -0.466 e. The summed E-state index contributed by atoms with van der Waals surface area (Å²) in [7, 11) is 0. The van der Waals surface area contributed by atoms with Crippen LogP contribution < -0.4 is 5.32 Å². The van der Waals surface area contributed by atoms with Gasteiger partial charge < -0.3 is 20.3 Å². The highest BCUT2D eigenvalue weighted by Gasteiger charge is 2.20. The second-order valence-corrected chi connectivity index (χ2v) is 23.2. The van der Waals surface area contributed by atoms with E-state index in [4.69, 9.17) is 4.74 Å². The fraction of sp³-hybridized carbons (Fsp3) is 0.940. The van der Waals surface area contributed by atoms with E-state index >= 15 is 0 Å². The molecule has 0 saturated carbocycles. The number of aliphatic hydroxyl groups is 2. The van der Waals surface area contributed by atoms with Crippen molar-refractivity contribution in [1.29, 1.82) is 0 Å². The van der Waals surface area contributed by atoms with E-state index < -0.39 is 12.1 Å². The molecule has 0 aliphatic carbocycles. The van der Waals surface area contributed by atoms with Gasteiger partial charge in [-0.1, -0.05) is 328 Å². The maximum absolute atomic E-state index is 12.4. The molecule has 434 valence electrons. The summed E-state index contributed by atoms with van der Waals surface area (Å²) in [6, 6.07) is -0.535. The Morgan fingerprint density at radius 1 is 0.370 bits per heavy atom. The van der Waals surface area contributed by atoms with E-state index in [1.54, 1.807) is 0 Å². The number of hydrogen-bond acceptors (Lipinski definition) is 5. The number of ether oxygens (including phenoxy) is 1. The molecule has 1 amide bonds. The second-order valence-electron chi connectivity index (χ2n) is 23.2. The number of hydrogen-bond donors (Lipinski definition) is 3. The molecule has 0 rings (SSSR count). The van der Waals surface area contributed by atoms with Gasteiger partial charge in [0.25, 0.3) is 0 Å². The Morgan fingerprint density at radius 2 is 0.644 bits per heavy atom. The molecule has 0 aromatic heterocycles. The van der Waals surface area contributed by atoms with Crippen molar-refractivity contribution in [2.24, 2.45) is 0 Å². The molecular weight excluding hydrogens is 899 g/mol. The molecule has 3 N–H and O–H groups in total. The fourth-order valence-electron chi connectivity index (χ4n) is 10.7. The first-order valence-corrected chi connectivity index (χ1v) is 33.4. The Kier molecular flexibility index (Phi) is 61.9. The topological polar surface area (TPSA) is 95.9 Å². The van der Waals surface area contributed by atoms with Crippen molar-refractivity contribution in [2.75, 3.05) is 13.2 Å². The van der Waals surface area contributed by atoms with E-state index in [-0.39, 0.29) is 18.5 Å². The molecule has 0 heterocycles. The van der Waals surface area contributed by atoms with E-state index in [0.717, 1.165) is 44.9 Å². The number of esters is 1. The maximum Gasteiger partial charge on any atom is 0.305 e. The minimum atomic E-state index is -0.658. The Bertz CT molecular complexity index is 1100. The smallest absolute Gasteiger partial charge is 0.305 e. The zero-order valence-corrected chi connectivity index (χ0v) is 49.6. The van der Waals surface area contributed by atoms with Crippen molar-refractivity contribution in [2.45, 2.75) is 392 Å². The molecule has 0 radical (unpaired) electrons. The third kappa shape index (κ3) is 59.7. The van der Waals surface area contributed by atoms with Crippen LogP contribution in [0.15, 0.2) is 12.2 Å². The van der Waals surface area contributed by atoms with E-state index in [9.17, 15) is 19.8 Å². The number of amides is 1. The molecule has 0 aliphatic rings. The average Bonchev–Trinajstić information content (AvgIpc) is 3.39. The summed E-state index contributed by atoms with van der Waals surface area (Å²) in [6.45, 7) is 4.96. The van der Waals surface area contributed by atoms with Crippen LogP contribution in [0.3, 0.4) is 0 Å². The molecule has 6 nitrogen and oxygen atoms in total. The third-order valence-electron chi connectivity index (χ3n) is 15.8. The molecule has 6 heteroatoms. The van der Waals surface area contributed by atoms with Crippen LogP contribution in [0.25, 0.3) is 0 Å². The van der Waals surface area contributed by atoms with Crippen LogP contribution in [0.4, 0.5) is 0 Å². The van der Waals surface area contributed by atoms with Crippen molar-refractivity contribution in [3.63, 3.8) is 0 Å². The summed E-state index contributed by atoms with van der Waals surface area (Å²) in [5.41, 5.74) is 0. The lowest BCUT2D eigenvalue weighted by Gasteiger charge is -2.22. The minimum absolute atomic E-state index is 0.0133. The summed E-state index contributed by atoms with van der Waals surface area (Å²) >= 11 is 0. The van der Waals surface area contributed by atoms with Crippen molar-refractivity contribution in [3.8, 4) is 0 Å². The first kappa shape index (κ1) is 71.6. The summed E-state index contributed by atoms with van der Waals surface area (Å²) in [4.78, 5) is 24.5. The molecule has 0 aromatic carbocycles. The van der Waals surface area contributed by atoms with Gasteiger partial charge in [-0.15, -0.1) is 0 Å². The van der Waals surface area contributed by atoms with E-state index in [0.29, 0.717) is 25.9 Å². The Labute approximate surface area is 457 Å². The molecule has 0 fully saturated rings. The SMILES string of the molecule is CCCCCCCC/C=C\CCCCCCCC(=O)OCCCCCCCCCCCCCCCCCCCCCCCCCCCCCCCCCC(=O)NC(CO)C(O)CCCCCCCCCCCC. The Morgan fingerprint density at radius 3 is 0.973 bits per heavy atom. The number of allylic oxidation sites excluding steroid dienone is 2. The van der Waals surface area contributed by atoms with Gasteiger partial charge in [0.1, 0.15) is 0 Å². The van der Waals surface area contributed by atoms with Gasteiger partial charge in [0.05, 0.1) is 25.4 Å². The zero-order chi connectivity index (χ0) is 52.9. The summed E-state index contributed by atoms with van der Waals surface area (Å²) < 4.78 is 5.49. The maximum atomic E-state index is 12.4. The van der Waals surface area contributed by atoms with Gasteiger partial charge in [0.2, 0.25) is 5.91 Å². The first-order chi connectivity index (χ1) is 36.0. The normalized spacial score (nSPS) is 12.5. The van der Waals surface area contributed by atoms with Gasteiger partial charge in [-0.25, -0.2) is 0 Å². The zero-order valence-electron chi connectivity index (χ0n) is 49.6. The Hall–Kier alpha value is -1.40. The quantitative estimate of drug-likeness (QED) is 0.0320. The highest BCUT2D eigenvalue weighted by atomic mass is 16.5. The second kappa shape index (κ2) is 63.1. The number of aliphatic hydroxyl groups excluding tert-OH is 2. The predicted molar refractivity (Wildman–Crippen MR) is 320 cm³/mol. The molecule has 0 spiro atoms. The molecule has 2 atom stereocenters. The number of carbonyl (C=O) groups excluding carboxylic acids is 2. The monoisotopic (exact) mass is 1030 g/mol. The summed E-state index contributed by atoms with van der Waals surface area (Å²) in [6.07, 6.45) is 76.9. The molecule has 2 unspecified atom stereocenters. The highest BCUT2D eigenvalue weighted by molar-refractivity contribution is 5.76. The average molecular weight is 1030 g/mol. The van der Waals surface area contributed by atoms with Crippen LogP contribution in [0.5, 0.6) is 0 Å². The van der Waals surface area contributed by atoms with Crippen LogP contribution in [0.2, 0.25) is 0 Å². The van der Waals surface area contributed by atoms with Crippen LogP contribution in [0, 0.1) is 0 Å². The lowest BCUT2D eigenvalue weighted by Crippen LogP contribution is -2.45. The van der Waals surface area contributed by atoms with Gasteiger partial charge in [0.15, 0.2) is 0 Å². The van der Waals surface area contributed by atoms with E-state index in [1.165, 1.54) is 302 Å². The van der Waals surface area contributed by atoms with E-state index in [1.807, 2.05) is 0 Å². The molecule has 0 bridgehead atoms. The standard InChI is InChI=1S/C67H131NO5/c1-3-5-7-9-11-13-15-16-34-38-41-45-49-53-57-61-67(72)73-62-58-54-50-46-42-39-36-33-31-29-27-25-23-21-19-17-18-20-22-24-26-28-30-32-35-37-40-44-48-52-56-60-66(71)68-64(63-69)65(70)59-55-51-47-43-14-12-10-8-6-4-2/h16,34,64-65,69-70H,3-15,17-33,35-63H2,1-2H3,(H,68,71)/b34-16-. The third-order valence-corrected chi connectivity index (χ3v) is 15.8. The predicted octanol–water partition coefficient (Wildman–Crippen LogP) is 21.2. The molecule has 0 aliphatic heterocycles. The largest absolute Gasteiger partial charge is 0.466 e. The molecule has 73 heavy (non-hydrogen) atoms. The molecule has 0 aromatic rings. The van der Waals surface area contributed by atoms with Crippen LogP contribution in [-0.2, 0) is 14.3 Å². The van der Waals surface area contributed by atoms with Crippen molar-refractivity contribution in [1.82, 2.24) is 5.32 Å². The summed E-state index contributed by atoms with van der Waals surface area (Å²) in [5.74, 6) is -0.0172. The van der Waals surface area contributed by atoms with Crippen LogP contribution in [-0.4, -0.2) is 47.4 Å². The number of unbranched alkanes of at least 4 members (excludes halogenated alkanes) is 50. The van der Waals surface area contributed by atoms with Crippen molar-refractivity contribution in [3.05, 3.63) is 12.2 Å². The molecular formula is C67H131NO5. The number of carbonyl (C=O) groups is 2. The fourth-order valence-corrected chi connectivity index (χ4v) is 10.7. The van der Waals surface area contributed by atoms with Crippen molar-refractivity contribution < 1.29 is 24.5 Å². The van der Waals surface area contributed by atoms with Gasteiger partial charge in [-0.3, -0.25) is 9.59 Å². The molecule has 0 saturated heterocycles. The van der Waals surface area contributed by atoms with Crippen LogP contribution in [0.1, 0.15) is 380 Å². The number of nitrogens with one attached hydrogen (secondary N) is 1. The van der Waals surface area contributed by atoms with Gasteiger partial charge >= 0.3 is 5.97 Å². The lowest BCUT2D eigenvalue weighted by molar-refractivity contribution is -0.143. The Balaban J connectivity index is 3.29. The number of rotatable bonds is 63. The van der Waals surface area contributed by atoms with Crippen LogP contribution >= 0.6 is 0 Å². The first-order valence-electron chi connectivity index (χ1n) is 33.4. The van der Waals surface area contributed by atoms with Gasteiger partial charge in [-0.2, -0.15) is 0 Å². The van der Waals surface area contributed by atoms with E-state index in [2.05, 4.69) is 31.3 Å². The van der Waals surface area contributed by atoms with Gasteiger partial charge in [0, 0.05) is 12.8 Å². The highest BCUT2D eigenvalue weighted by Crippen LogP contribution is 2.19. The van der Waals surface area contributed by atoms with Gasteiger partial charge in [-0.05, 0) is 51.4 Å². The lowest BCUT2D eigenvalue weighted by atomic mass is 10.0. The van der Waals surface area contributed by atoms with Crippen molar-refractivity contribution >= 4 is 11.9 Å².